The van der Waals surface area contributed by atoms with E-state index in [1.165, 1.54) is 12.8 Å². The van der Waals surface area contributed by atoms with E-state index >= 15 is 0 Å². The number of carbonyl (C=O) groups is 2. The minimum absolute atomic E-state index is 0.137. The summed E-state index contributed by atoms with van der Waals surface area (Å²) in [5.74, 6) is -0.759. The molecule has 2 amide bonds. The molecule has 6 nitrogen and oxygen atoms in total. The maximum absolute atomic E-state index is 11.4. The number of amides is 2. The molecule has 0 saturated heterocycles. The fourth-order valence-electron chi connectivity index (χ4n) is 1.89. The van der Waals surface area contributed by atoms with Gasteiger partial charge < -0.3 is 20.6 Å². The molecule has 1 saturated carbocycles. The topological polar surface area (TPSA) is 81.7 Å². The molecule has 0 heterocycles. The lowest BCUT2D eigenvalue weighted by molar-refractivity contribution is -0.137. The first-order valence-corrected chi connectivity index (χ1v) is 7.03. The molecular weight excluding hydrogens is 246 g/mol. The fourth-order valence-corrected chi connectivity index (χ4v) is 1.89. The van der Waals surface area contributed by atoms with Gasteiger partial charge in [0.25, 0.3) is 0 Å². The summed E-state index contributed by atoms with van der Waals surface area (Å²) >= 11 is 0. The number of carboxylic acid groups (broad SMARTS) is 1. The number of carbonyl (C=O) groups excluding carboxylic acids is 1. The van der Waals surface area contributed by atoms with Crippen molar-refractivity contribution in [3.8, 4) is 0 Å². The van der Waals surface area contributed by atoms with Crippen LogP contribution in [0.1, 0.15) is 38.5 Å². The molecule has 0 aromatic carbocycles. The molecule has 0 unspecified atom stereocenters. The normalized spacial score (nSPS) is 14.4. The van der Waals surface area contributed by atoms with Gasteiger partial charge >= 0.3 is 12.0 Å². The van der Waals surface area contributed by atoms with Gasteiger partial charge in [0.15, 0.2) is 0 Å². The molecule has 19 heavy (non-hydrogen) atoms. The molecule has 0 aromatic heterocycles. The van der Waals surface area contributed by atoms with Crippen LogP contribution in [0.4, 0.5) is 4.79 Å². The largest absolute Gasteiger partial charge is 0.481 e. The lowest BCUT2D eigenvalue weighted by Gasteiger charge is -2.15. The van der Waals surface area contributed by atoms with Crippen LogP contribution in [0.3, 0.4) is 0 Å². The van der Waals surface area contributed by atoms with Gasteiger partial charge in [0.2, 0.25) is 0 Å². The van der Waals surface area contributed by atoms with E-state index in [9.17, 15) is 9.59 Å². The van der Waals surface area contributed by atoms with E-state index in [4.69, 9.17) is 5.11 Å². The van der Waals surface area contributed by atoms with Crippen LogP contribution in [-0.2, 0) is 4.79 Å². The van der Waals surface area contributed by atoms with Crippen LogP contribution in [0.5, 0.6) is 0 Å². The van der Waals surface area contributed by atoms with Gasteiger partial charge in [0, 0.05) is 32.1 Å². The zero-order valence-corrected chi connectivity index (χ0v) is 11.7. The van der Waals surface area contributed by atoms with Crippen molar-refractivity contribution >= 4 is 12.0 Å². The van der Waals surface area contributed by atoms with Gasteiger partial charge in [0.05, 0.1) is 0 Å². The first-order valence-electron chi connectivity index (χ1n) is 7.03. The molecule has 3 N–H and O–H groups in total. The second-order valence-electron chi connectivity index (χ2n) is 5.10. The molecule has 0 aliphatic heterocycles. The highest BCUT2D eigenvalue weighted by molar-refractivity contribution is 5.73. The lowest BCUT2D eigenvalue weighted by Crippen LogP contribution is -2.40. The molecule has 0 bridgehead atoms. The van der Waals surface area contributed by atoms with E-state index in [1.807, 2.05) is 0 Å². The second-order valence-corrected chi connectivity index (χ2v) is 5.10. The Labute approximate surface area is 114 Å². The number of urea groups is 1. The van der Waals surface area contributed by atoms with Crippen LogP contribution in [0.15, 0.2) is 0 Å². The molecule has 0 aromatic rings. The summed E-state index contributed by atoms with van der Waals surface area (Å²) in [6.07, 6.45) is 5.09. The first kappa shape index (κ1) is 15.8. The summed E-state index contributed by atoms with van der Waals surface area (Å²) in [7, 11) is 2.08. The Bertz CT molecular complexity index is 293. The number of nitrogens with zero attached hydrogens (tertiary/aromatic N) is 1. The smallest absolute Gasteiger partial charge is 0.314 e. The second kappa shape index (κ2) is 8.74. The fraction of sp³-hybridized carbons (Fsp3) is 0.846. The molecule has 110 valence electrons. The quantitative estimate of drug-likeness (QED) is 0.518. The summed E-state index contributed by atoms with van der Waals surface area (Å²) in [6.45, 7) is 2.15. The Morgan fingerprint density at radius 2 is 1.84 bits per heavy atom. The van der Waals surface area contributed by atoms with Gasteiger partial charge in [-0.05, 0) is 32.7 Å². The number of nitrogens with one attached hydrogen (secondary N) is 2. The van der Waals surface area contributed by atoms with Crippen LogP contribution in [0.2, 0.25) is 0 Å². The standard InChI is InChI=1S/C13H25N3O3/c1-16(11-6-7-11)10-9-15-13(19)14-8-4-2-3-5-12(17)18/h11H,2-10H2,1H3,(H,17,18)(H2,14,15,19). The van der Waals surface area contributed by atoms with Gasteiger partial charge in [-0.3, -0.25) is 4.79 Å². The third-order valence-electron chi connectivity index (χ3n) is 3.27. The number of hydrogen-bond donors (Lipinski definition) is 3. The molecule has 1 aliphatic rings. The van der Waals surface area contributed by atoms with E-state index in [0.29, 0.717) is 19.5 Å². The van der Waals surface area contributed by atoms with Crippen molar-refractivity contribution in [2.24, 2.45) is 0 Å². The Morgan fingerprint density at radius 3 is 2.47 bits per heavy atom. The maximum atomic E-state index is 11.4. The summed E-state index contributed by atoms with van der Waals surface area (Å²) < 4.78 is 0. The summed E-state index contributed by atoms with van der Waals surface area (Å²) in [5, 5.41) is 14.1. The van der Waals surface area contributed by atoms with Crippen molar-refractivity contribution in [1.29, 1.82) is 0 Å². The van der Waals surface area contributed by atoms with Gasteiger partial charge in [-0.1, -0.05) is 6.42 Å². The number of hydrogen-bond acceptors (Lipinski definition) is 3. The molecule has 1 fully saturated rings. The van der Waals surface area contributed by atoms with Gasteiger partial charge in [-0.25, -0.2) is 4.79 Å². The van der Waals surface area contributed by atoms with E-state index in [0.717, 1.165) is 25.4 Å². The van der Waals surface area contributed by atoms with E-state index in [1.54, 1.807) is 0 Å². The van der Waals surface area contributed by atoms with E-state index in [-0.39, 0.29) is 12.5 Å². The highest BCUT2D eigenvalue weighted by Gasteiger charge is 2.25. The number of rotatable bonds is 10. The summed E-state index contributed by atoms with van der Waals surface area (Å²) in [4.78, 5) is 24.0. The van der Waals surface area contributed by atoms with Gasteiger partial charge in [0.1, 0.15) is 0 Å². The Balaban J connectivity index is 1.86. The average molecular weight is 271 g/mol. The minimum Gasteiger partial charge on any atom is -0.481 e. The zero-order valence-electron chi connectivity index (χ0n) is 11.7. The van der Waals surface area contributed by atoms with Crippen LogP contribution >= 0.6 is 0 Å². The molecule has 0 spiro atoms. The molecule has 0 atom stereocenters. The molecule has 1 aliphatic carbocycles. The van der Waals surface area contributed by atoms with E-state index in [2.05, 4.69) is 22.6 Å². The number of unbranched alkanes of at least 4 members (excludes halogenated alkanes) is 2. The van der Waals surface area contributed by atoms with Gasteiger partial charge in [-0.15, -0.1) is 0 Å². The van der Waals surface area contributed by atoms with Crippen molar-refractivity contribution < 1.29 is 14.7 Å². The Hall–Kier alpha value is -1.30. The van der Waals surface area contributed by atoms with Crippen molar-refractivity contribution in [3.05, 3.63) is 0 Å². The Morgan fingerprint density at radius 1 is 1.16 bits per heavy atom. The minimum atomic E-state index is -0.759. The van der Waals surface area contributed by atoms with Crippen molar-refractivity contribution in [3.63, 3.8) is 0 Å². The third kappa shape index (κ3) is 8.42. The number of carboxylic acids is 1. The molecule has 1 rings (SSSR count). The van der Waals surface area contributed by atoms with Crippen LogP contribution in [0.25, 0.3) is 0 Å². The highest BCUT2D eigenvalue weighted by atomic mass is 16.4. The first-order chi connectivity index (χ1) is 9.09. The third-order valence-corrected chi connectivity index (χ3v) is 3.27. The summed E-state index contributed by atoms with van der Waals surface area (Å²) in [6, 6.07) is 0.585. The predicted octanol–water partition coefficient (Wildman–Crippen LogP) is 1.02. The number of aliphatic carboxylic acids is 1. The zero-order chi connectivity index (χ0) is 14.1. The number of likely N-dealkylation sites (N-methyl/N-ethyl adjacent to an activating group) is 1. The van der Waals surface area contributed by atoms with Crippen LogP contribution < -0.4 is 10.6 Å². The van der Waals surface area contributed by atoms with Crippen molar-refractivity contribution in [1.82, 2.24) is 15.5 Å². The van der Waals surface area contributed by atoms with Crippen molar-refractivity contribution in [2.45, 2.75) is 44.6 Å². The molecule has 0 radical (unpaired) electrons. The highest BCUT2D eigenvalue weighted by Crippen LogP contribution is 2.24. The monoisotopic (exact) mass is 271 g/mol. The van der Waals surface area contributed by atoms with Crippen molar-refractivity contribution in [2.75, 3.05) is 26.7 Å². The SMILES string of the molecule is CN(CCNC(=O)NCCCCCC(=O)O)C1CC1. The molecule has 6 heteroatoms. The predicted molar refractivity (Wildman–Crippen MR) is 73.2 cm³/mol. The lowest BCUT2D eigenvalue weighted by atomic mass is 10.2. The molecular formula is C13H25N3O3. The summed E-state index contributed by atoms with van der Waals surface area (Å²) in [5.41, 5.74) is 0. The van der Waals surface area contributed by atoms with Crippen LogP contribution in [0, 0.1) is 0 Å². The van der Waals surface area contributed by atoms with E-state index < -0.39 is 5.97 Å². The average Bonchev–Trinajstić information content (AvgIpc) is 3.17. The van der Waals surface area contributed by atoms with Crippen LogP contribution in [-0.4, -0.2) is 54.7 Å². The Kier molecular flexibility index (Phi) is 7.25. The maximum Gasteiger partial charge on any atom is 0.314 e. The van der Waals surface area contributed by atoms with Gasteiger partial charge in [-0.2, -0.15) is 0 Å².